The molecule has 0 spiro atoms. The Hall–Kier alpha value is -3.15. The van der Waals surface area contributed by atoms with E-state index in [0.29, 0.717) is 40.9 Å². The molecule has 0 atom stereocenters. The Labute approximate surface area is 196 Å². The maximum absolute atomic E-state index is 12.9. The van der Waals surface area contributed by atoms with E-state index in [-0.39, 0.29) is 11.4 Å². The summed E-state index contributed by atoms with van der Waals surface area (Å²) in [5.41, 5.74) is 1.10. The zero-order chi connectivity index (χ0) is 23.6. The molecular formula is C22H23N3O6S2. The summed E-state index contributed by atoms with van der Waals surface area (Å²) < 4.78 is 43.2. The molecule has 1 N–H and O–H groups in total. The second kappa shape index (κ2) is 9.38. The lowest BCUT2D eigenvalue weighted by molar-refractivity contribution is 0.102. The summed E-state index contributed by atoms with van der Waals surface area (Å²) in [6.45, 7) is 0.540. The molecule has 0 bridgehead atoms. The smallest absolute Gasteiger partial charge is 0.257 e. The van der Waals surface area contributed by atoms with Crippen molar-refractivity contribution in [3.63, 3.8) is 0 Å². The first-order valence-electron chi connectivity index (χ1n) is 10.0. The number of anilines is 1. The van der Waals surface area contributed by atoms with E-state index in [0.717, 1.165) is 10.6 Å². The first kappa shape index (κ1) is 23.0. The van der Waals surface area contributed by atoms with Gasteiger partial charge in [-0.25, -0.2) is 13.4 Å². The minimum absolute atomic E-state index is 0.213. The highest BCUT2D eigenvalue weighted by atomic mass is 32.2. The minimum atomic E-state index is -3.60. The number of benzene rings is 2. The molecule has 0 saturated heterocycles. The first-order chi connectivity index (χ1) is 15.9. The maximum Gasteiger partial charge on any atom is 0.257 e. The van der Waals surface area contributed by atoms with Crippen molar-refractivity contribution < 1.29 is 27.4 Å². The SMILES string of the molecule is COc1cc(C(=O)Nc2nc3c(s2)CN(S(=O)(=O)c2ccccc2)CC3)cc(OC)c1OC. The third kappa shape index (κ3) is 4.52. The van der Waals surface area contributed by atoms with Gasteiger partial charge in [0.05, 0.1) is 38.5 Å². The third-order valence-electron chi connectivity index (χ3n) is 5.22. The number of fused-ring (bicyclic) bond motifs is 1. The van der Waals surface area contributed by atoms with Gasteiger partial charge in [-0.2, -0.15) is 4.31 Å². The molecule has 0 saturated carbocycles. The summed E-state index contributed by atoms with van der Waals surface area (Å²) in [5, 5.41) is 3.19. The number of hydrogen-bond donors (Lipinski definition) is 1. The molecule has 0 aliphatic carbocycles. The third-order valence-corrected chi connectivity index (χ3v) is 8.08. The standard InChI is InChI=1S/C22H23N3O6S2/c1-29-17-11-14(12-18(30-2)20(17)31-3)21(26)24-22-23-16-9-10-25(13-19(16)32-22)33(27,28)15-7-5-4-6-8-15/h4-8,11-12H,9-10,13H2,1-3H3,(H,23,24,26). The van der Waals surface area contributed by atoms with Crippen LogP contribution in [0.2, 0.25) is 0 Å². The van der Waals surface area contributed by atoms with Crippen molar-refractivity contribution in [2.75, 3.05) is 33.2 Å². The van der Waals surface area contributed by atoms with Crippen LogP contribution in [0.3, 0.4) is 0 Å². The van der Waals surface area contributed by atoms with E-state index in [9.17, 15) is 13.2 Å². The highest BCUT2D eigenvalue weighted by molar-refractivity contribution is 7.89. The zero-order valence-corrected chi connectivity index (χ0v) is 20.0. The van der Waals surface area contributed by atoms with E-state index in [2.05, 4.69) is 10.3 Å². The second-order valence-corrected chi connectivity index (χ2v) is 10.2. The number of carbonyl (C=O) groups is 1. The first-order valence-corrected chi connectivity index (χ1v) is 12.3. The molecule has 9 nitrogen and oxygen atoms in total. The molecule has 0 radical (unpaired) electrons. The molecule has 2 heterocycles. The van der Waals surface area contributed by atoms with E-state index in [1.165, 1.54) is 37.0 Å². The molecule has 2 aromatic carbocycles. The largest absolute Gasteiger partial charge is 0.493 e. The zero-order valence-electron chi connectivity index (χ0n) is 18.3. The van der Waals surface area contributed by atoms with Gasteiger partial charge in [0.25, 0.3) is 5.91 Å². The molecular weight excluding hydrogens is 466 g/mol. The highest BCUT2D eigenvalue weighted by Gasteiger charge is 2.30. The summed E-state index contributed by atoms with van der Waals surface area (Å²) >= 11 is 1.26. The van der Waals surface area contributed by atoms with Gasteiger partial charge in [-0.15, -0.1) is 11.3 Å². The quantitative estimate of drug-likeness (QED) is 0.543. The molecule has 33 heavy (non-hydrogen) atoms. The summed E-state index contributed by atoms with van der Waals surface area (Å²) in [4.78, 5) is 18.4. The number of methoxy groups -OCH3 is 3. The Morgan fingerprint density at radius 3 is 2.33 bits per heavy atom. The van der Waals surface area contributed by atoms with Gasteiger partial charge in [-0.3, -0.25) is 10.1 Å². The lowest BCUT2D eigenvalue weighted by Crippen LogP contribution is -2.35. The van der Waals surface area contributed by atoms with Gasteiger partial charge in [-0.1, -0.05) is 18.2 Å². The highest BCUT2D eigenvalue weighted by Crippen LogP contribution is 2.38. The lowest BCUT2D eigenvalue weighted by Gasteiger charge is -2.25. The summed E-state index contributed by atoms with van der Waals surface area (Å²) in [7, 11) is 0.840. The molecule has 1 aliphatic rings. The Bertz CT molecular complexity index is 1250. The van der Waals surface area contributed by atoms with Gasteiger partial charge in [0, 0.05) is 23.4 Å². The van der Waals surface area contributed by atoms with Crippen LogP contribution in [0.1, 0.15) is 20.9 Å². The second-order valence-electron chi connectivity index (χ2n) is 7.16. The van der Waals surface area contributed by atoms with Crippen LogP contribution in [0.4, 0.5) is 5.13 Å². The number of rotatable bonds is 7. The maximum atomic E-state index is 12.9. The van der Waals surface area contributed by atoms with Crippen molar-refractivity contribution in [1.29, 1.82) is 0 Å². The number of sulfonamides is 1. The van der Waals surface area contributed by atoms with Crippen LogP contribution < -0.4 is 19.5 Å². The molecule has 1 amide bonds. The number of ether oxygens (including phenoxy) is 3. The van der Waals surface area contributed by atoms with Crippen LogP contribution in [-0.4, -0.2) is 51.5 Å². The summed E-state index contributed by atoms with van der Waals surface area (Å²) in [6, 6.07) is 11.5. The van der Waals surface area contributed by atoms with Crippen molar-refractivity contribution in [3.05, 3.63) is 58.6 Å². The normalized spacial score (nSPS) is 13.8. The Balaban J connectivity index is 1.53. The molecule has 0 unspecified atom stereocenters. The Kier molecular flexibility index (Phi) is 6.54. The Morgan fingerprint density at radius 2 is 1.73 bits per heavy atom. The summed E-state index contributed by atoms with van der Waals surface area (Å²) in [5.74, 6) is 0.722. The fraction of sp³-hybridized carbons (Fsp3) is 0.273. The topological polar surface area (TPSA) is 107 Å². The van der Waals surface area contributed by atoms with Crippen LogP contribution in [-0.2, 0) is 23.0 Å². The number of carbonyl (C=O) groups excluding carboxylic acids is 1. The van der Waals surface area contributed by atoms with Gasteiger partial charge >= 0.3 is 0 Å². The van der Waals surface area contributed by atoms with Crippen LogP contribution in [0.5, 0.6) is 17.2 Å². The number of nitrogens with zero attached hydrogens (tertiary/aromatic N) is 2. The average molecular weight is 490 g/mol. The van der Waals surface area contributed by atoms with E-state index in [4.69, 9.17) is 14.2 Å². The van der Waals surface area contributed by atoms with Gasteiger partial charge in [0.1, 0.15) is 0 Å². The number of amides is 1. The number of nitrogens with one attached hydrogen (secondary N) is 1. The van der Waals surface area contributed by atoms with E-state index in [1.54, 1.807) is 42.5 Å². The van der Waals surface area contributed by atoms with Crippen LogP contribution in [0.15, 0.2) is 47.4 Å². The Morgan fingerprint density at radius 1 is 1.06 bits per heavy atom. The fourth-order valence-electron chi connectivity index (χ4n) is 3.55. The number of aromatic nitrogens is 1. The predicted molar refractivity (Wildman–Crippen MR) is 124 cm³/mol. The number of hydrogen-bond acceptors (Lipinski definition) is 8. The van der Waals surface area contributed by atoms with Crippen molar-refractivity contribution in [3.8, 4) is 17.2 Å². The molecule has 11 heteroatoms. The lowest BCUT2D eigenvalue weighted by atomic mass is 10.1. The van der Waals surface area contributed by atoms with Crippen molar-refractivity contribution in [2.24, 2.45) is 0 Å². The van der Waals surface area contributed by atoms with Crippen LogP contribution >= 0.6 is 11.3 Å². The minimum Gasteiger partial charge on any atom is -0.493 e. The van der Waals surface area contributed by atoms with Crippen molar-refractivity contribution in [1.82, 2.24) is 9.29 Å². The summed E-state index contributed by atoms with van der Waals surface area (Å²) in [6.07, 6.45) is 0.470. The van der Waals surface area contributed by atoms with Crippen LogP contribution in [0.25, 0.3) is 0 Å². The van der Waals surface area contributed by atoms with Gasteiger partial charge < -0.3 is 14.2 Å². The van der Waals surface area contributed by atoms with Crippen molar-refractivity contribution in [2.45, 2.75) is 17.9 Å². The predicted octanol–water partition coefficient (Wildman–Crippen LogP) is 3.17. The number of thiazole rings is 1. The monoisotopic (exact) mass is 489 g/mol. The van der Waals surface area contributed by atoms with E-state index < -0.39 is 15.9 Å². The average Bonchev–Trinajstić information content (AvgIpc) is 3.24. The molecule has 174 valence electrons. The molecule has 4 rings (SSSR count). The van der Waals surface area contributed by atoms with Gasteiger partial charge in [0.2, 0.25) is 15.8 Å². The van der Waals surface area contributed by atoms with Crippen molar-refractivity contribution >= 4 is 32.4 Å². The molecule has 0 fully saturated rings. The van der Waals surface area contributed by atoms with Gasteiger partial charge in [0.15, 0.2) is 16.6 Å². The molecule has 1 aliphatic heterocycles. The molecule has 1 aromatic heterocycles. The molecule has 3 aromatic rings. The van der Waals surface area contributed by atoms with E-state index >= 15 is 0 Å². The fourth-order valence-corrected chi connectivity index (χ4v) is 6.08. The van der Waals surface area contributed by atoms with Crippen LogP contribution in [0, 0.1) is 0 Å². The van der Waals surface area contributed by atoms with Gasteiger partial charge in [-0.05, 0) is 24.3 Å². The van der Waals surface area contributed by atoms with E-state index in [1.807, 2.05) is 0 Å².